The number of rotatable bonds is 4. The number of hydrogen-bond acceptors (Lipinski definition) is 4. The molecule has 1 aromatic heterocycles. The van der Waals surface area contributed by atoms with Crippen LogP contribution in [-0.4, -0.2) is 24.5 Å². The van der Waals surface area contributed by atoms with Gasteiger partial charge in [0.2, 0.25) is 0 Å². The van der Waals surface area contributed by atoms with E-state index in [-0.39, 0.29) is 21.2 Å². The van der Waals surface area contributed by atoms with Gasteiger partial charge in [0.25, 0.3) is 10.0 Å². The van der Waals surface area contributed by atoms with Crippen molar-refractivity contribution >= 4 is 49.2 Å². The van der Waals surface area contributed by atoms with Crippen molar-refractivity contribution in [3.05, 3.63) is 51.7 Å². The fourth-order valence-corrected chi connectivity index (χ4v) is 3.59. The molecule has 0 unspecified atom stereocenters. The van der Waals surface area contributed by atoms with E-state index in [0.717, 1.165) is 6.07 Å². The Labute approximate surface area is 134 Å². The number of carboxylic acids is 1. The average molecular weight is 392 g/mol. The molecule has 0 aliphatic carbocycles. The summed E-state index contributed by atoms with van der Waals surface area (Å²) in [5.74, 6) is -1.24. The zero-order valence-electron chi connectivity index (χ0n) is 10.2. The monoisotopic (exact) mass is 390 g/mol. The molecule has 0 bridgehead atoms. The fourth-order valence-electron chi connectivity index (χ4n) is 1.50. The molecule has 6 nitrogen and oxygen atoms in total. The third kappa shape index (κ3) is 3.52. The molecule has 21 heavy (non-hydrogen) atoms. The van der Waals surface area contributed by atoms with E-state index in [9.17, 15) is 13.2 Å². The van der Waals surface area contributed by atoms with Gasteiger partial charge in [-0.1, -0.05) is 11.6 Å². The molecule has 9 heteroatoms. The van der Waals surface area contributed by atoms with Gasteiger partial charge >= 0.3 is 5.97 Å². The normalized spacial score (nSPS) is 11.1. The maximum Gasteiger partial charge on any atom is 0.335 e. The predicted octanol–water partition coefficient (Wildman–Crippen LogP) is 3.00. The van der Waals surface area contributed by atoms with Crippen LogP contribution in [0.25, 0.3) is 0 Å². The summed E-state index contributed by atoms with van der Waals surface area (Å²) in [5, 5.41) is 8.85. The number of nitrogens with zero attached hydrogens (tertiary/aromatic N) is 1. The Hall–Kier alpha value is -1.64. The number of anilines is 1. The molecule has 0 atom stereocenters. The van der Waals surface area contributed by atoms with Crippen LogP contribution in [0.3, 0.4) is 0 Å². The van der Waals surface area contributed by atoms with Gasteiger partial charge in [0.05, 0.1) is 20.7 Å². The van der Waals surface area contributed by atoms with E-state index < -0.39 is 16.0 Å². The number of aromatic carboxylic acids is 1. The van der Waals surface area contributed by atoms with Gasteiger partial charge in [-0.15, -0.1) is 0 Å². The lowest BCUT2D eigenvalue weighted by atomic mass is 10.2. The van der Waals surface area contributed by atoms with Crippen LogP contribution in [0.5, 0.6) is 0 Å². The summed E-state index contributed by atoms with van der Waals surface area (Å²) in [6.07, 6.45) is 2.84. The average Bonchev–Trinajstić information content (AvgIpc) is 2.41. The molecule has 0 spiro atoms. The van der Waals surface area contributed by atoms with Crippen molar-refractivity contribution in [1.82, 2.24) is 4.98 Å². The minimum atomic E-state index is -4.03. The van der Waals surface area contributed by atoms with Crippen LogP contribution in [0.1, 0.15) is 10.4 Å². The summed E-state index contributed by atoms with van der Waals surface area (Å²) in [4.78, 5) is 14.4. The van der Waals surface area contributed by atoms with Gasteiger partial charge in [-0.25, -0.2) is 13.2 Å². The molecule has 1 aromatic carbocycles. The molecule has 2 N–H and O–H groups in total. The second-order valence-electron chi connectivity index (χ2n) is 3.91. The van der Waals surface area contributed by atoms with E-state index in [1.165, 1.54) is 30.6 Å². The van der Waals surface area contributed by atoms with Crippen molar-refractivity contribution in [2.45, 2.75) is 4.90 Å². The highest BCUT2D eigenvalue weighted by Gasteiger charge is 2.21. The SMILES string of the molecule is O=C(O)c1ccc(Cl)c(S(=O)(=O)Nc2ccncc2Br)c1. The second kappa shape index (κ2) is 6.00. The number of aromatic nitrogens is 1. The Morgan fingerprint density at radius 3 is 2.67 bits per heavy atom. The number of carboxylic acid groups (broad SMARTS) is 1. The van der Waals surface area contributed by atoms with E-state index in [1.54, 1.807) is 0 Å². The summed E-state index contributed by atoms with van der Waals surface area (Å²) in [6, 6.07) is 4.91. The molecule has 0 amide bonds. The summed E-state index contributed by atoms with van der Waals surface area (Å²) in [6.45, 7) is 0. The van der Waals surface area contributed by atoms with Crippen LogP contribution >= 0.6 is 27.5 Å². The van der Waals surface area contributed by atoms with Crippen LogP contribution < -0.4 is 4.72 Å². The van der Waals surface area contributed by atoms with Gasteiger partial charge in [-0.2, -0.15) is 0 Å². The second-order valence-corrected chi connectivity index (χ2v) is 6.82. The lowest BCUT2D eigenvalue weighted by molar-refractivity contribution is 0.0696. The molecule has 2 rings (SSSR count). The van der Waals surface area contributed by atoms with Crippen molar-refractivity contribution in [2.24, 2.45) is 0 Å². The lowest BCUT2D eigenvalue weighted by Gasteiger charge is -2.11. The van der Waals surface area contributed by atoms with Gasteiger partial charge < -0.3 is 5.11 Å². The standard InChI is InChI=1S/C12H8BrClN2O4S/c13-8-6-15-4-3-10(8)16-21(19,20)11-5-7(12(17)18)1-2-9(11)14/h1-6H,(H,15,16)(H,17,18). The highest BCUT2D eigenvalue weighted by Crippen LogP contribution is 2.27. The molecule has 0 radical (unpaired) electrons. The molecule has 110 valence electrons. The lowest BCUT2D eigenvalue weighted by Crippen LogP contribution is -2.14. The largest absolute Gasteiger partial charge is 0.478 e. The van der Waals surface area contributed by atoms with E-state index >= 15 is 0 Å². The smallest absolute Gasteiger partial charge is 0.335 e. The fraction of sp³-hybridized carbons (Fsp3) is 0. The maximum absolute atomic E-state index is 12.3. The van der Waals surface area contributed by atoms with Crippen molar-refractivity contribution in [3.63, 3.8) is 0 Å². The Balaban J connectivity index is 2.47. The summed E-state index contributed by atoms with van der Waals surface area (Å²) in [5.41, 5.74) is 0.0929. The predicted molar refractivity (Wildman–Crippen MR) is 81.2 cm³/mol. The first-order chi connectivity index (χ1) is 9.81. The van der Waals surface area contributed by atoms with E-state index in [4.69, 9.17) is 16.7 Å². The number of carbonyl (C=O) groups is 1. The molecular weight excluding hydrogens is 384 g/mol. The molecule has 0 aliphatic rings. The third-order valence-electron chi connectivity index (χ3n) is 2.48. The zero-order valence-corrected chi connectivity index (χ0v) is 13.4. The first kappa shape index (κ1) is 15.7. The minimum absolute atomic E-state index is 0.0716. The highest BCUT2D eigenvalue weighted by atomic mass is 79.9. The minimum Gasteiger partial charge on any atom is -0.478 e. The number of sulfonamides is 1. The van der Waals surface area contributed by atoms with Crippen LogP contribution in [0.4, 0.5) is 5.69 Å². The quantitative estimate of drug-likeness (QED) is 0.835. The molecular formula is C12H8BrClN2O4S. The number of benzene rings is 1. The molecule has 1 heterocycles. The van der Waals surface area contributed by atoms with Gasteiger partial charge in [0.15, 0.2) is 0 Å². The number of pyridine rings is 1. The highest BCUT2D eigenvalue weighted by molar-refractivity contribution is 9.10. The number of hydrogen-bond donors (Lipinski definition) is 2. The Morgan fingerprint density at radius 2 is 2.05 bits per heavy atom. The topological polar surface area (TPSA) is 96.4 Å². The van der Waals surface area contributed by atoms with Gasteiger partial charge in [-0.05, 0) is 40.2 Å². The Kier molecular flexibility index (Phi) is 4.50. The van der Waals surface area contributed by atoms with E-state index in [2.05, 4.69) is 25.6 Å². The molecule has 0 fully saturated rings. The molecule has 2 aromatic rings. The van der Waals surface area contributed by atoms with Crippen molar-refractivity contribution < 1.29 is 18.3 Å². The zero-order chi connectivity index (χ0) is 15.6. The molecule has 0 saturated carbocycles. The summed E-state index contributed by atoms with van der Waals surface area (Å²) >= 11 is 9.02. The maximum atomic E-state index is 12.3. The van der Waals surface area contributed by atoms with Gasteiger partial charge in [0.1, 0.15) is 4.90 Å². The molecule has 0 saturated heterocycles. The van der Waals surface area contributed by atoms with E-state index in [0.29, 0.717) is 4.47 Å². The first-order valence-electron chi connectivity index (χ1n) is 5.46. The van der Waals surface area contributed by atoms with Crippen LogP contribution in [-0.2, 0) is 10.0 Å². The number of halogens is 2. The van der Waals surface area contributed by atoms with E-state index in [1.807, 2.05) is 0 Å². The van der Waals surface area contributed by atoms with Gasteiger partial charge in [-0.3, -0.25) is 9.71 Å². The Morgan fingerprint density at radius 1 is 1.33 bits per heavy atom. The van der Waals surface area contributed by atoms with Crippen LogP contribution in [0.15, 0.2) is 46.0 Å². The van der Waals surface area contributed by atoms with Gasteiger partial charge in [0, 0.05) is 12.4 Å². The summed E-state index contributed by atoms with van der Waals surface area (Å²) < 4.78 is 27.4. The van der Waals surface area contributed by atoms with Crippen molar-refractivity contribution in [1.29, 1.82) is 0 Å². The number of nitrogens with one attached hydrogen (secondary N) is 1. The molecule has 0 aliphatic heterocycles. The van der Waals surface area contributed by atoms with Crippen LogP contribution in [0, 0.1) is 0 Å². The van der Waals surface area contributed by atoms with Crippen molar-refractivity contribution in [3.8, 4) is 0 Å². The Bertz CT molecular complexity index is 811. The van der Waals surface area contributed by atoms with Crippen molar-refractivity contribution in [2.75, 3.05) is 4.72 Å². The third-order valence-corrected chi connectivity index (χ3v) is 4.96. The van der Waals surface area contributed by atoms with Crippen LogP contribution in [0.2, 0.25) is 5.02 Å². The first-order valence-corrected chi connectivity index (χ1v) is 8.12. The summed E-state index contributed by atoms with van der Waals surface area (Å²) in [7, 11) is -4.03.